The van der Waals surface area contributed by atoms with Gasteiger partial charge in [0.1, 0.15) is 17.3 Å². The Morgan fingerprint density at radius 2 is 1.69 bits per heavy atom. The van der Waals surface area contributed by atoms with Crippen LogP contribution < -0.4 is 9.47 Å². The second-order valence-corrected chi connectivity index (χ2v) is 8.75. The molecule has 1 aliphatic rings. The number of carbonyl (C=O) groups is 2. The van der Waals surface area contributed by atoms with Crippen molar-refractivity contribution in [3.05, 3.63) is 65.2 Å². The SMILES string of the molecule is CCCOc1cccc([C@H]2C(=C(O)c3ccc(OCC)cc3)C(=O)C(=O)N2CCCN(CC)CC)c1. The summed E-state index contributed by atoms with van der Waals surface area (Å²) in [7, 11) is 0. The molecule has 7 nitrogen and oxygen atoms in total. The lowest BCUT2D eigenvalue weighted by molar-refractivity contribution is -0.140. The Morgan fingerprint density at radius 3 is 2.33 bits per heavy atom. The Bertz CT molecular complexity index is 1060. The number of nitrogens with zero attached hydrogens (tertiary/aromatic N) is 2. The highest BCUT2D eigenvalue weighted by atomic mass is 16.5. The Balaban J connectivity index is 2.02. The van der Waals surface area contributed by atoms with Gasteiger partial charge in [0.15, 0.2) is 0 Å². The van der Waals surface area contributed by atoms with Crippen molar-refractivity contribution in [3.63, 3.8) is 0 Å². The van der Waals surface area contributed by atoms with Gasteiger partial charge >= 0.3 is 0 Å². The predicted octanol–water partition coefficient (Wildman–Crippen LogP) is 5.03. The highest BCUT2D eigenvalue weighted by Gasteiger charge is 2.45. The maximum absolute atomic E-state index is 13.3. The van der Waals surface area contributed by atoms with Crippen LogP contribution in [0.2, 0.25) is 0 Å². The van der Waals surface area contributed by atoms with Gasteiger partial charge in [0.2, 0.25) is 0 Å². The van der Waals surface area contributed by atoms with Gasteiger partial charge in [-0.2, -0.15) is 0 Å². The number of amides is 1. The van der Waals surface area contributed by atoms with E-state index in [1.807, 2.05) is 38.1 Å². The van der Waals surface area contributed by atoms with E-state index >= 15 is 0 Å². The summed E-state index contributed by atoms with van der Waals surface area (Å²) < 4.78 is 11.3. The van der Waals surface area contributed by atoms with Crippen LogP contribution in [0.1, 0.15) is 57.7 Å². The van der Waals surface area contributed by atoms with Crippen molar-refractivity contribution in [2.75, 3.05) is 39.4 Å². The standard InChI is InChI=1S/C29H38N2O5/c1-5-19-36-24-12-9-11-22(20-24)26-25(27(32)21-13-15-23(16-14-21)35-8-4)28(33)29(34)31(26)18-10-17-30(6-2)7-3/h9,11-16,20,26,32H,5-8,10,17-19H2,1-4H3/t26-/m0/s1. The third kappa shape index (κ3) is 6.26. The van der Waals surface area contributed by atoms with Gasteiger partial charge in [0.25, 0.3) is 11.7 Å². The van der Waals surface area contributed by atoms with Crippen molar-refractivity contribution < 1.29 is 24.2 Å². The second kappa shape index (κ2) is 13.1. The van der Waals surface area contributed by atoms with E-state index in [9.17, 15) is 14.7 Å². The molecule has 1 fully saturated rings. The van der Waals surface area contributed by atoms with E-state index in [0.717, 1.165) is 38.0 Å². The summed E-state index contributed by atoms with van der Waals surface area (Å²) in [4.78, 5) is 30.4. The molecule has 1 amide bonds. The van der Waals surface area contributed by atoms with Gasteiger partial charge < -0.3 is 24.4 Å². The molecular weight excluding hydrogens is 456 g/mol. The highest BCUT2D eigenvalue weighted by molar-refractivity contribution is 6.46. The minimum Gasteiger partial charge on any atom is -0.507 e. The summed E-state index contributed by atoms with van der Waals surface area (Å²) >= 11 is 0. The van der Waals surface area contributed by atoms with Crippen LogP contribution in [0.5, 0.6) is 11.5 Å². The maximum atomic E-state index is 13.3. The van der Waals surface area contributed by atoms with E-state index in [0.29, 0.717) is 36.8 Å². The Labute approximate surface area is 214 Å². The van der Waals surface area contributed by atoms with Crippen LogP contribution in [-0.2, 0) is 9.59 Å². The molecule has 1 aliphatic heterocycles. The lowest BCUT2D eigenvalue weighted by atomic mass is 9.95. The summed E-state index contributed by atoms with van der Waals surface area (Å²) in [6.45, 7) is 12.3. The number of hydrogen-bond donors (Lipinski definition) is 1. The molecule has 1 N–H and O–H groups in total. The molecule has 3 rings (SSSR count). The monoisotopic (exact) mass is 494 g/mol. The first-order valence-corrected chi connectivity index (χ1v) is 12.9. The maximum Gasteiger partial charge on any atom is 0.295 e. The van der Waals surface area contributed by atoms with Gasteiger partial charge in [0, 0.05) is 12.1 Å². The van der Waals surface area contributed by atoms with Crippen molar-refractivity contribution in [2.24, 2.45) is 0 Å². The highest BCUT2D eigenvalue weighted by Crippen LogP contribution is 2.40. The lowest BCUT2D eigenvalue weighted by Crippen LogP contribution is -2.33. The zero-order valence-corrected chi connectivity index (χ0v) is 21.8. The van der Waals surface area contributed by atoms with Crippen LogP contribution in [0.3, 0.4) is 0 Å². The largest absolute Gasteiger partial charge is 0.507 e. The molecule has 36 heavy (non-hydrogen) atoms. The zero-order valence-electron chi connectivity index (χ0n) is 21.8. The molecule has 0 aromatic heterocycles. The number of benzene rings is 2. The minimum absolute atomic E-state index is 0.0969. The molecule has 2 aromatic rings. The van der Waals surface area contributed by atoms with E-state index in [4.69, 9.17) is 9.47 Å². The topological polar surface area (TPSA) is 79.3 Å². The number of ether oxygens (including phenoxy) is 2. The van der Waals surface area contributed by atoms with E-state index in [2.05, 4.69) is 18.7 Å². The third-order valence-electron chi connectivity index (χ3n) is 6.39. The van der Waals surface area contributed by atoms with Crippen molar-refractivity contribution in [3.8, 4) is 11.5 Å². The fraction of sp³-hybridized carbons (Fsp3) is 0.448. The van der Waals surface area contributed by atoms with E-state index in [1.165, 1.54) is 0 Å². The van der Waals surface area contributed by atoms with Gasteiger partial charge in [-0.05, 0) is 81.4 Å². The van der Waals surface area contributed by atoms with Gasteiger partial charge in [-0.1, -0.05) is 32.9 Å². The Kier molecular flexibility index (Phi) is 9.94. The lowest BCUT2D eigenvalue weighted by Gasteiger charge is -2.27. The smallest absolute Gasteiger partial charge is 0.295 e. The number of hydrogen-bond acceptors (Lipinski definition) is 6. The number of Topliss-reactive ketones (excluding diaryl/α,β-unsaturated/α-hetero) is 1. The molecule has 0 saturated carbocycles. The van der Waals surface area contributed by atoms with Crippen LogP contribution in [0.15, 0.2) is 54.1 Å². The van der Waals surface area contributed by atoms with E-state index < -0.39 is 17.7 Å². The van der Waals surface area contributed by atoms with Crippen molar-refractivity contribution in [1.82, 2.24) is 9.80 Å². The zero-order chi connectivity index (χ0) is 26.1. The molecule has 1 heterocycles. The fourth-order valence-electron chi connectivity index (χ4n) is 4.49. The minimum atomic E-state index is -0.696. The molecule has 0 spiro atoms. The van der Waals surface area contributed by atoms with Crippen LogP contribution in [-0.4, -0.2) is 66.0 Å². The summed E-state index contributed by atoms with van der Waals surface area (Å²) in [5.74, 6) is -0.110. The van der Waals surface area contributed by atoms with Crippen LogP contribution in [0.4, 0.5) is 0 Å². The van der Waals surface area contributed by atoms with Crippen molar-refractivity contribution in [1.29, 1.82) is 0 Å². The quantitative estimate of drug-likeness (QED) is 0.239. The first-order valence-electron chi connectivity index (χ1n) is 12.9. The van der Waals surface area contributed by atoms with Gasteiger partial charge in [0.05, 0.1) is 24.8 Å². The number of aliphatic hydroxyl groups excluding tert-OH is 1. The number of ketones is 1. The fourth-order valence-corrected chi connectivity index (χ4v) is 4.49. The average Bonchev–Trinajstić information content (AvgIpc) is 3.15. The molecule has 2 aromatic carbocycles. The molecule has 7 heteroatoms. The third-order valence-corrected chi connectivity index (χ3v) is 6.39. The molecule has 194 valence electrons. The first kappa shape index (κ1) is 27.3. The Hall–Kier alpha value is -3.32. The van der Waals surface area contributed by atoms with E-state index in [1.54, 1.807) is 29.2 Å². The number of likely N-dealkylation sites (tertiary alicyclic amines) is 1. The number of rotatable bonds is 13. The van der Waals surface area contributed by atoms with Crippen LogP contribution in [0.25, 0.3) is 5.76 Å². The molecule has 0 radical (unpaired) electrons. The molecule has 1 atom stereocenters. The Morgan fingerprint density at radius 1 is 0.972 bits per heavy atom. The average molecular weight is 495 g/mol. The van der Waals surface area contributed by atoms with Crippen molar-refractivity contribution in [2.45, 2.75) is 46.6 Å². The van der Waals surface area contributed by atoms with Gasteiger partial charge in [-0.3, -0.25) is 9.59 Å². The first-order chi connectivity index (χ1) is 17.4. The van der Waals surface area contributed by atoms with Crippen molar-refractivity contribution >= 4 is 17.4 Å². The molecule has 0 bridgehead atoms. The normalized spacial score (nSPS) is 17.1. The molecule has 0 aliphatic carbocycles. The predicted molar refractivity (Wildman–Crippen MR) is 141 cm³/mol. The molecule has 0 unspecified atom stereocenters. The van der Waals surface area contributed by atoms with Gasteiger partial charge in [-0.25, -0.2) is 0 Å². The van der Waals surface area contributed by atoms with Crippen LogP contribution >= 0.6 is 0 Å². The second-order valence-electron chi connectivity index (χ2n) is 8.75. The molecule has 1 saturated heterocycles. The van der Waals surface area contributed by atoms with Gasteiger partial charge in [-0.15, -0.1) is 0 Å². The summed E-state index contributed by atoms with van der Waals surface area (Å²) in [6.07, 6.45) is 1.59. The number of carbonyl (C=O) groups excluding carboxylic acids is 2. The summed E-state index contributed by atoms with van der Waals surface area (Å²) in [5, 5.41) is 11.3. The summed E-state index contributed by atoms with van der Waals surface area (Å²) in [5.41, 5.74) is 1.29. The van der Waals surface area contributed by atoms with E-state index in [-0.39, 0.29) is 11.3 Å². The van der Waals surface area contributed by atoms with Crippen LogP contribution in [0, 0.1) is 0 Å². The summed E-state index contributed by atoms with van der Waals surface area (Å²) in [6, 6.07) is 13.6. The molecular formula is C29H38N2O5. The number of aliphatic hydroxyl groups is 1.